The van der Waals surface area contributed by atoms with Gasteiger partial charge in [-0.3, -0.25) is 0 Å². The highest BCUT2D eigenvalue weighted by Gasteiger charge is 2.14. The topological polar surface area (TPSA) is 9.23 Å². The summed E-state index contributed by atoms with van der Waals surface area (Å²) < 4.78 is 5.35. The summed E-state index contributed by atoms with van der Waals surface area (Å²) in [5.74, 6) is 1.20. The lowest BCUT2D eigenvalue weighted by molar-refractivity contribution is 0.357. The van der Waals surface area contributed by atoms with Crippen LogP contribution >= 0.6 is 16.8 Å². The van der Waals surface area contributed by atoms with Crippen LogP contribution in [0.3, 0.4) is 0 Å². The molecule has 1 aliphatic rings. The summed E-state index contributed by atoms with van der Waals surface area (Å²) in [6.45, 7) is 2.94. The fourth-order valence-electron chi connectivity index (χ4n) is 0.557. The van der Waals surface area contributed by atoms with Gasteiger partial charge in [-0.25, -0.2) is 0 Å². The molecule has 1 fully saturated rings. The van der Waals surface area contributed by atoms with Crippen molar-refractivity contribution in [1.82, 2.24) is 0 Å². The SMILES string of the molecule is CP1(=S)OCCCS1. The molecule has 0 radical (unpaired) electrons. The van der Waals surface area contributed by atoms with Gasteiger partial charge in [-0.1, -0.05) is 23.2 Å². The summed E-state index contributed by atoms with van der Waals surface area (Å²) in [6.07, 6.45) is 1.18. The maximum atomic E-state index is 5.35. The Balaban J connectivity index is 2.45. The lowest BCUT2D eigenvalue weighted by atomic mass is 10.5. The molecule has 0 N–H and O–H groups in total. The zero-order chi connectivity index (χ0) is 6.04. The maximum absolute atomic E-state index is 5.35. The molecular weight excluding hydrogens is 159 g/mol. The third-order valence-electron chi connectivity index (χ3n) is 0.940. The summed E-state index contributed by atoms with van der Waals surface area (Å²) in [7, 11) is 0. The lowest BCUT2D eigenvalue weighted by Gasteiger charge is -2.21. The van der Waals surface area contributed by atoms with Gasteiger partial charge < -0.3 is 4.52 Å². The molecule has 1 heterocycles. The molecule has 8 heavy (non-hydrogen) atoms. The average Bonchev–Trinajstić information content (AvgIpc) is 1.65. The fraction of sp³-hybridized carbons (Fsp3) is 1.00. The van der Waals surface area contributed by atoms with Crippen LogP contribution in [0.2, 0.25) is 0 Å². The average molecular weight is 168 g/mol. The Morgan fingerprint density at radius 1 is 1.75 bits per heavy atom. The van der Waals surface area contributed by atoms with Gasteiger partial charge in [0.1, 0.15) is 5.47 Å². The largest absolute Gasteiger partial charge is 0.342 e. The highest BCUT2D eigenvalue weighted by atomic mass is 32.9. The second-order valence-electron chi connectivity index (χ2n) is 1.79. The van der Waals surface area contributed by atoms with Gasteiger partial charge in [-0.2, -0.15) is 0 Å². The maximum Gasteiger partial charge on any atom is 0.116 e. The van der Waals surface area contributed by atoms with E-state index in [-0.39, 0.29) is 0 Å². The molecule has 0 bridgehead atoms. The minimum absolute atomic E-state index is 0.890. The van der Waals surface area contributed by atoms with Crippen LogP contribution in [-0.2, 0) is 16.3 Å². The monoisotopic (exact) mass is 168 g/mol. The molecule has 0 aromatic carbocycles. The van der Waals surface area contributed by atoms with Gasteiger partial charge in [0.15, 0.2) is 0 Å². The number of rotatable bonds is 0. The van der Waals surface area contributed by atoms with Crippen molar-refractivity contribution in [2.45, 2.75) is 6.42 Å². The molecule has 0 aromatic rings. The Labute approximate surface area is 59.0 Å². The molecule has 1 nitrogen and oxygen atoms in total. The molecule has 0 saturated carbocycles. The highest BCUT2D eigenvalue weighted by Crippen LogP contribution is 2.58. The highest BCUT2D eigenvalue weighted by molar-refractivity contribution is 8.69. The molecule has 0 aromatic heterocycles. The summed E-state index contributed by atoms with van der Waals surface area (Å²) in [6, 6.07) is 0. The van der Waals surface area contributed by atoms with Crippen LogP contribution < -0.4 is 0 Å². The summed E-state index contributed by atoms with van der Waals surface area (Å²) in [5.41, 5.74) is -1.34. The van der Waals surface area contributed by atoms with Crippen molar-refractivity contribution in [2.75, 3.05) is 19.0 Å². The zero-order valence-electron chi connectivity index (χ0n) is 4.79. The van der Waals surface area contributed by atoms with E-state index in [1.165, 1.54) is 12.2 Å². The van der Waals surface area contributed by atoms with Gasteiger partial charge >= 0.3 is 0 Å². The zero-order valence-corrected chi connectivity index (χ0v) is 7.32. The molecule has 1 saturated heterocycles. The number of hydrogen-bond acceptors (Lipinski definition) is 3. The van der Waals surface area contributed by atoms with Crippen LogP contribution in [0.25, 0.3) is 0 Å². The van der Waals surface area contributed by atoms with Crippen molar-refractivity contribution in [3.05, 3.63) is 0 Å². The van der Waals surface area contributed by atoms with Crippen molar-refractivity contribution < 1.29 is 4.52 Å². The van der Waals surface area contributed by atoms with E-state index in [2.05, 4.69) is 0 Å². The predicted octanol–water partition coefficient (Wildman–Crippen LogP) is 2.08. The molecule has 4 heteroatoms. The fourth-order valence-corrected chi connectivity index (χ4v) is 4.39. The van der Waals surface area contributed by atoms with Crippen molar-refractivity contribution in [2.24, 2.45) is 0 Å². The van der Waals surface area contributed by atoms with E-state index in [9.17, 15) is 0 Å². The second kappa shape index (κ2) is 2.70. The summed E-state index contributed by atoms with van der Waals surface area (Å²) in [4.78, 5) is 0. The van der Waals surface area contributed by atoms with E-state index >= 15 is 0 Å². The molecule has 0 spiro atoms. The smallest absolute Gasteiger partial charge is 0.116 e. The van der Waals surface area contributed by atoms with E-state index in [1.54, 1.807) is 0 Å². The number of hydrogen-bond donors (Lipinski definition) is 0. The summed E-state index contributed by atoms with van der Waals surface area (Å²) >= 11 is 6.97. The molecular formula is C4H9OPS2. The van der Waals surface area contributed by atoms with E-state index < -0.39 is 5.47 Å². The molecule has 48 valence electrons. The lowest BCUT2D eigenvalue weighted by Crippen LogP contribution is -1.98. The normalized spacial score (nSPS) is 39.6. The van der Waals surface area contributed by atoms with Gasteiger partial charge in [-0.15, -0.1) is 0 Å². The minimum atomic E-state index is -1.34. The first kappa shape index (κ1) is 7.07. The molecule has 1 unspecified atom stereocenters. The third-order valence-corrected chi connectivity index (χ3v) is 6.07. The van der Waals surface area contributed by atoms with Crippen LogP contribution in [0, 0.1) is 0 Å². The van der Waals surface area contributed by atoms with E-state index in [0.29, 0.717) is 0 Å². The summed E-state index contributed by atoms with van der Waals surface area (Å²) in [5, 5.41) is 0. The van der Waals surface area contributed by atoms with E-state index in [0.717, 1.165) is 6.61 Å². The molecule has 1 aliphatic heterocycles. The first-order valence-corrected chi connectivity index (χ1v) is 7.33. The molecule has 1 atom stereocenters. The minimum Gasteiger partial charge on any atom is -0.342 e. The van der Waals surface area contributed by atoms with Gasteiger partial charge in [-0.05, 0) is 13.1 Å². The first-order valence-electron chi connectivity index (χ1n) is 2.57. The Kier molecular flexibility index (Phi) is 2.38. The van der Waals surface area contributed by atoms with Crippen LogP contribution in [0.15, 0.2) is 0 Å². The van der Waals surface area contributed by atoms with E-state index in [4.69, 9.17) is 16.3 Å². The van der Waals surface area contributed by atoms with Crippen molar-refractivity contribution in [3.8, 4) is 0 Å². The van der Waals surface area contributed by atoms with Crippen molar-refractivity contribution in [1.29, 1.82) is 0 Å². The van der Waals surface area contributed by atoms with Gasteiger partial charge in [0, 0.05) is 5.75 Å². The van der Waals surface area contributed by atoms with Crippen LogP contribution in [-0.4, -0.2) is 19.0 Å². The first-order chi connectivity index (χ1) is 3.71. The van der Waals surface area contributed by atoms with Crippen LogP contribution in [0.5, 0.6) is 0 Å². The second-order valence-corrected chi connectivity index (χ2v) is 9.91. The standard InChI is InChI=1S/C4H9OPS2/c1-6(7)5-3-2-4-8-6/h2-4H2,1H3. The van der Waals surface area contributed by atoms with Crippen molar-refractivity contribution in [3.63, 3.8) is 0 Å². The Bertz CT molecular complexity index is 115. The Morgan fingerprint density at radius 3 is 2.75 bits per heavy atom. The Hall–Kier alpha value is 0.960. The van der Waals surface area contributed by atoms with Crippen LogP contribution in [0.1, 0.15) is 6.42 Å². The van der Waals surface area contributed by atoms with Gasteiger partial charge in [0.05, 0.1) is 6.61 Å². The van der Waals surface area contributed by atoms with Crippen molar-refractivity contribution >= 4 is 28.7 Å². The van der Waals surface area contributed by atoms with Gasteiger partial charge in [0.2, 0.25) is 0 Å². The van der Waals surface area contributed by atoms with Gasteiger partial charge in [0.25, 0.3) is 0 Å². The third kappa shape index (κ3) is 2.06. The predicted molar refractivity (Wildman–Crippen MR) is 43.2 cm³/mol. The Morgan fingerprint density at radius 2 is 2.50 bits per heavy atom. The van der Waals surface area contributed by atoms with Crippen LogP contribution in [0.4, 0.5) is 0 Å². The molecule has 0 amide bonds. The quantitative estimate of drug-likeness (QED) is 0.512. The van der Waals surface area contributed by atoms with E-state index in [1.807, 2.05) is 18.0 Å². The molecule has 0 aliphatic carbocycles. The molecule has 1 rings (SSSR count).